The molecular formula is C17H27NO. The molecule has 1 aromatic carbocycles. The minimum absolute atomic E-state index is 0.191. The molecule has 106 valence electrons. The fraction of sp³-hybridized carbons (Fsp3) is 0.647. The van der Waals surface area contributed by atoms with Crippen molar-refractivity contribution in [3.05, 3.63) is 29.3 Å². The molecule has 1 atom stereocenters. The summed E-state index contributed by atoms with van der Waals surface area (Å²) in [6.45, 7) is 10.9. The molecule has 0 aliphatic carbocycles. The summed E-state index contributed by atoms with van der Waals surface area (Å²) in [4.78, 5) is 0. The normalized spacial score (nSPS) is 19.5. The quantitative estimate of drug-likeness (QED) is 0.880. The highest BCUT2D eigenvalue weighted by molar-refractivity contribution is 5.42. The zero-order chi connectivity index (χ0) is 13.9. The van der Waals surface area contributed by atoms with Gasteiger partial charge >= 0.3 is 0 Å². The van der Waals surface area contributed by atoms with Gasteiger partial charge in [0.05, 0.1) is 6.61 Å². The zero-order valence-corrected chi connectivity index (χ0v) is 12.8. The molecule has 0 saturated carbocycles. The van der Waals surface area contributed by atoms with Gasteiger partial charge in [0.25, 0.3) is 0 Å². The second kappa shape index (κ2) is 5.96. The molecule has 0 bridgehead atoms. The topological polar surface area (TPSA) is 21.3 Å². The van der Waals surface area contributed by atoms with Crippen LogP contribution >= 0.6 is 0 Å². The van der Waals surface area contributed by atoms with E-state index in [1.165, 1.54) is 24.0 Å². The van der Waals surface area contributed by atoms with Gasteiger partial charge in [0.2, 0.25) is 0 Å². The first-order valence-electron chi connectivity index (χ1n) is 7.53. The number of rotatable bonds is 3. The number of ether oxygens (including phenoxy) is 1. The summed E-state index contributed by atoms with van der Waals surface area (Å²) in [7, 11) is 0. The van der Waals surface area contributed by atoms with Crippen molar-refractivity contribution in [3.63, 3.8) is 0 Å². The fourth-order valence-corrected chi connectivity index (χ4v) is 2.57. The first-order valence-corrected chi connectivity index (χ1v) is 7.53. The van der Waals surface area contributed by atoms with E-state index in [2.05, 4.69) is 51.2 Å². The molecule has 2 rings (SSSR count). The molecule has 0 radical (unpaired) electrons. The minimum atomic E-state index is 0.191. The Labute approximate surface area is 117 Å². The Morgan fingerprint density at radius 3 is 2.79 bits per heavy atom. The third kappa shape index (κ3) is 3.50. The molecule has 0 fully saturated rings. The Hall–Kier alpha value is -1.02. The van der Waals surface area contributed by atoms with Crippen LogP contribution in [-0.4, -0.2) is 13.2 Å². The van der Waals surface area contributed by atoms with Gasteiger partial charge in [-0.3, -0.25) is 0 Å². The largest absolute Gasteiger partial charge is 0.493 e. The summed E-state index contributed by atoms with van der Waals surface area (Å²) < 4.78 is 5.89. The molecule has 0 amide bonds. The van der Waals surface area contributed by atoms with Crippen LogP contribution in [0.4, 0.5) is 0 Å². The van der Waals surface area contributed by atoms with E-state index in [0.717, 1.165) is 25.3 Å². The first-order chi connectivity index (χ1) is 9.02. The molecule has 1 aromatic rings. The van der Waals surface area contributed by atoms with Crippen LogP contribution in [0.3, 0.4) is 0 Å². The van der Waals surface area contributed by atoms with Gasteiger partial charge in [-0.1, -0.05) is 33.8 Å². The van der Waals surface area contributed by atoms with E-state index >= 15 is 0 Å². The first kappa shape index (κ1) is 14.4. The Balaban J connectivity index is 2.33. The third-order valence-electron chi connectivity index (χ3n) is 3.79. The van der Waals surface area contributed by atoms with E-state index in [-0.39, 0.29) is 5.41 Å². The van der Waals surface area contributed by atoms with Crippen LogP contribution in [-0.2, 0) is 5.41 Å². The van der Waals surface area contributed by atoms with Crippen molar-refractivity contribution in [3.8, 4) is 5.75 Å². The van der Waals surface area contributed by atoms with Gasteiger partial charge in [-0.05, 0) is 48.9 Å². The molecule has 0 spiro atoms. The van der Waals surface area contributed by atoms with Crippen molar-refractivity contribution in [1.29, 1.82) is 0 Å². The third-order valence-corrected chi connectivity index (χ3v) is 3.79. The Morgan fingerprint density at radius 1 is 1.32 bits per heavy atom. The molecule has 1 aliphatic rings. The number of nitrogens with one attached hydrogen (secondary N) is 1. The second-order valence-corrected chi connectivity index (χ2v) is 6.50. The number of benzene rings is 1. The predicted molar refractivity (Wildman–Crippen MR) is 80.9 cm³/mol. The van der Waals surface area contributed by atoms with E-state index in [4.69, 9.17) is 4.74 Å². The summed E-state index contributed by atoms with van der Waals surface area (Å²) in [5.41, 5.74) is 2.93. The maximum absolute atomic E-state index is 5.89. The van der Waals surface area contributed by atoms with Gasteiger partial charge in [-0.25, -0.2) is 0 Å². The average molecular weight is 261 g/mol. The monoisotopic (exact) mass is 261 g/mol. The predicted octanol–water partition coefficient (Wildman–Crippen LogP) is 4.20. The minimum Gasteiger partial charge on any atom is -0.493 e. The summed E-state index contributed by atoms with van der Waals surface area (Å²) in [6, 6.07) is 7.15. The highest BCUT2D eigenvalue weighted by Crippen LogP contribution is 2.35. The molecule has 0 saturated heterocycles. The van der Waals surface area contributed by atoms with Crippen LogP contribution in [0.5, 0.6) is 5.75 Å². The van der Waals surface area contributed by atoms with Gasteiger partial charge < -0.3 is 10.1 Å². The van der Waals surface area contributed by atoms with Crippen molar-refractivity contribution < 1.29 is 4.74 Å². The molecule has 2 heteroatoms. The lowest BCUT2D eigenvalue weighted by Gasteiger charge is -2.24. The van der Waals surface area contributed by atoms with E-state index in [1.54, 1.807) is 0 Å². The van der Waals surface area contributed by atoms with E-state index < -0.39 is 0 Å². The Morgan fingerprint density at radius 2 is 2.11 bits per heavy atom. The summed E-state index contributed by atoms with van der Waals surface area (Å²) >= 11 is 0. The maximum atomic E-state index is 5.89. The highest BCUT2D eigenvalue weighted by Gasteiger charge is 2.22. The smallest absolute Gasteiger partial charge is 0.124 e. The van der Waals surface area contributed by atoms with Gasteiger partial charge in [0, 0.05) is 11.6 Å². The van der Waals surface area contributed by atoms with Crippen LogP contribution in [0.15, 0.2) is 18.2 Å². The van der Waals surface area contributed by atoms with Gasteiger partial charge in [-0.2, -0.15) is 0 Å². The Bertz CT molecular complexity index is 420. The highest BCUT2D eigenvalue weighted by atomic mass is 16.5. The van der Waals surface area contributed by atoms with Crippen molar-refractivity contribution in [2.75, 3.05) is 13.2 Å². The van der Waals surface area contributed by atoms with Crippen molar-refractivity contribution >= 4 is 0 Å². The molecule has 1 heterocycles. The molecule has 2 nitrogen and oxygen atoms in total. The fourth-order valence-electron chi connectivity index (χ4n) is 2.57. The Kier molecular flexibility index (Phi) is 4.51. The van der Waals surface area contributed by atoms with Crippen LogP contribution in [0, 0.1) is 0 Å². The molecule has 1 unspecified atom stereocenters. The van der Waals surface area contributed by atoms with Crippen LogP contribution < -0.4 is 10.1 Å². The van der Waals surface area contributed by atoms with E-state index in [9.17, 15) is 0 Å². The summed E-state index contributed by atoms with van der Waals surface area (Å²) in [5.74, 6) is 1.07. The lowest BCUT2D eigenvalue weighted by atomic mass is 9.85. The molecule has 0 aromatic heterocycles. The lowest BCUT2D eigenvalue weighted by Crippen LogP contribution is -2.22. The summed E-state index contributed by atoms with van der Waals surface area (Å²) in [6.07, 6.45) is 3.47. The van der Waals surface area contributed by atoms with E-state index in [1.807, 2.05) is 0 Å². The average Bonchev–Trinajstić information content (AvgIpc) is 2.56. The number of fused-ring (bicyclic) bond motifs is 1. The molecule has 1 aliphatic heterocycles. The van der Waals surface area contributed by atoms with Gasteiger partial charge in [0.1, 0.15) is 5.75 Å². The number of hydrogen-bond donors (Lipinski definition) is 1. The van der Waals surface area contributed by atoms with Crippen molar-refractivity contribution in [2.24, 2.45) is 0 Å². The molecular weight excluding hydrogens is 234 g/mol. The lowest BCUT2D eigenvalue weighted by molar-refractivity contribution is 0.315. The standard InChI is InChI=1S/C17H27NO/c1-5-10-18-15-7-6-11-19-16-9-8-13(12-14(15)16)17(2,3)4/h8-9,12,15,18H,5-7,10-11H2,1-4H3. The van der Waals surface area contributed by atoms with Crippen molar-refractivity contribution in [1.82, 2.24) is 5.32 Å². The zero-order valence-electron chi connectivity index (χ0n) is 12.8. The molecule has 1 N–H and O–H groups in total. The van der Waals surface area contributed by atoms with E-state index in [0.29, 0.717) is 6.04 Å². The van der Waals surface area contributed by atoms with Crippen LogP contribution in [0.1, 0.15) is 64.1 Å². The number of hydrogen-bond acceptors (Lipinski definition) is 2. The second-order valence-electron chi connectivity index (χ2n) is 6.50. The van der Waals surface area contributed by atoms with Crippen molar-refractivity contribution in [2.45, 2.75) is 58.4 Å². The van der Waals surface area contributed by atoms with Gasteiger partial charge in [0.15, 0.2) is 0 Å². The maximum Gasteiger partial charge on any atom is 0.124 e. The van der Waals surface area contributed by atoms with Crippen LogP contribution in [0.2, 0.25) is 0 Å². The summed E-state index contributed by atoms with van der Waals surface area (Å²) in [5, 5.41) is 3.67. The molecule has 19 heavy (non-hydrogen) atoms. The van der Waals surface area contributed by atoms with Crippen LogP contribution in [0.25, 0.3) is 0 Å². The van der Waals surface area contributed by atoms with Gasteiger partial charge in [-0.15, -0.1) is 0 Å². The SMILES string of the molecule is CCCNC1CCCOc2ccc(C(C)(C)C)cc21.